The van der Waals surface area contributed by atoms with Crippen LogP contribution in [0.1, 0.15) is 17.3 Å². The lowest BCUT2D eigenvalue weighted by atomic mass is 10.1. The molecule has 2 rings (SSSR count). The first-order chi connectivity index (χ1) is 9.19. The Morgan fingerprint density at radius 2 is 2.11 bits per heavy atom. The van der Waals surface area contributed by atoms with Crippen LogP contribution in [0.5, 0.6) is 0 Å². The smallest absolute Gasteiger partial charge is 0.206 e. The van der Waals surface area contributed by atoms with Gasteiger partial charge < -0.3 is 5.32 Å². The largest absolute Gasteiger partial charge is 0.360 e. The molecule has 1 aromatic heterocycles. The van der Waals surface area contributed by atoms with E-state index in [1.54, 1.807) is 0 Å². The first-order valence-electron chi connectivity index (χ1n) is 5.68. The van der Waals surface area contributed by atoms with Crippen LogP contribution in [0.4, 0.5) is 9.52 Å². The first-order valence-corrected chi connectivity index (χ1v) is 7.48. The summed E-state index contributed by atoms with van der Waals surface area (Å²) in [5.74, 6) is -0.124. The fraction of sp³-hybridized carbons (Fsp3) is 0.250. The van der Waals surface area contributed by atoms with Crippen molar-refractivity contribution in [1.82, 2.24) is 10.2 Å². The number of hydrogen-bond donors (Lipinski definition) is 1. The molecule has 0 saturated heterocycles. The molecule has 1 heterocycles. The Kier molecular flexibility index (Phi) is 4.86. The first kappa shape index (κ1) is 14.0. The third-order valence-corrected chi connectivity index (χ3v) is 4.24. The van der Waals surface area contributed by atoms with Crippen molar-refractivity contribution in [2.24, 2.45) is 0 Å². The number of carbonyl (C=O) groups is 1. The summed E-state index contributed by atoms with van der Waals surface area (Å²) >= 11 is 2.75. The maximum absolute atomic E-state index is 12.7. The molecule has 0 saturated carbocycles. The Labute approximate surface area is 118 Å². The molecule has 0 aliphatic carbocycles. The second-order valence-corrected chi connectivity index (χ2v) is 5.82. The zero-order valence-electron chi connectivity index (χ0n) is 10.2. The zero-order chi connectivity index (χ0) is 13.7. The molecule has 2 aromatic rings. The number of anilines is 1. The third-order valence-electron chi connectivity index (χ3n) is 2.23. The number of Topliss-reactive ketones (excluding diaryl/α,β-unsaturated/α-hetero) is 1. The number of thioether (sulfide) groups is 1. The topological polar surface area (TPSA) is 54.9 Å². The summed E-state index contributed by atoms with van der Waals surface area (Å²) in [6, 6.07) is 5.54. The summed E-state index contributed by atoms with van der Waals surface area (Å²) < 4.78 is 13.5. The lowest BCUT2D eigenvalue weighted by Crippen LogP contribution is -2.01. The number of halogens is 1. The molecule has 0 unspecified atom stereocenters. The molecular formula is C12H12FN3OS2. The summed E-state index contributed by atoms with van der Waals surface area (Å²) in [6.45, 7) is 2.76. The van der Waals surface area contributed by atoms with Gasteiger partial charge in [-0.25, -0.2) is 4.39 Å². The second-order valence-electron chi connectivity index (χ2n) is 3.62. The average molecular weight is 297 g/mol. The number of benzene rings is 1. The predicted molar refractivity (Wildman–Crippen MR) is 75.5 cm³/mol. The molecule has 1 N–H and O–H groups in total. The van der Waals surface area contributed by atoms with Gasteiger partial charge in [0.15, 0.2) is 10.1 Å². The molecular weight excluding hydrogens is 285 g/mol. The van der Waals surface area contributed by atoms with E-state index in [-0.39, 0.29) is 17.4 Å². The lowest BCUT2D eigenvalue weighted by molar-refractivity contribution is 0.102. The van der Waals surface area contributed by atoms with Gasteiger partial charge in [-0.3, -0.25) is 4.79 Å². The monoisotopic (exact) mass is 297 g/mol. The minimum absolute atomic E-state index is 0.0507. The molecule has 0 atom stereocenters. The molecule has 1 aromatic carbocycles. The van der Waals surface area contributed by atoms with Crippen LogP contribution in [0.25, 0.3) is 0 Å². The summed E-state index contributed by atoms with van der Waals surface area (Å²) in [4.78, 5) is 11.9. The molecule has 19 heavy (non-hydrogen) atoms. The Bertz CT molecular complexity index is 556. The van der Waals surface area contributed by atoms with E-state index in [0.29, 0.717) is 5.56 Å². The molecule has 0 aliphatic heterocycles. The minimum atomic E-state index is -0.344. The van der Waals surface area contributed by atoms with Crippen molar-refractivity contribution in [2.45, 2.75) is 11.3 Å². The van der Waals surface area contributed by atoms with Crippen LogP contribution in [0.15, 0.2) is 28.6 Å². The van der Waals surface area contributed by atoms with E-state index in [1.165, 1.54) is 47.4 Å². The number of carbonyl (C=O) groups excluding carboxylic acids is 1. The van der Waals surface area contributed by atoms with Gasteiger partial charge in [0, 0.05) is 12.1 Å². The number of nitrogens with zero attached hydrogens (tertiary/aromatic N) is 2. The Morgan fingerprint density at radius 3 is 2.79 bits per heavy atom. The molecule has 100 valence electrons. The SMILES string of the molecule is CCNc1nnc(SCC(=O)c2ccc(F)cc2)s1. The standard InChI is InChI=1S/C12H12FN3OS2/c1-2-14-11-15-16-12(19-11)18-7-10(17)8-3-5-9(13)6-4-8/h3-6H,2,7H2,1H3,(H,14,15). The van der Waals surface area contributed by atoms with Crippen molar-refractivity contribution in [2.75, 3.05) is 17.6 Å². The lowest BCUT2D eigenvalue weighted by Gasteiger charge is -1.98. The van der Waals surface area contributed by atoms with Gasteiger partial charge in [-0.1, -0.05) is 23.1 Å². The van der Waals surface area contributed by atoms with E-state index < -0.39 is 0 Å². The Hall–Kier alpha value is -1.47. The van der Waals surface area contributed by atoms with Gasteiger partial charge in [-0.05, 0) is 31.2 Å². The number of ketones is 1. The second kappa shape index (κ2) is 6.63. The maximum Gasteiger partial charge on any atom is 0.206 e. The molecule has 0 fully saturated rings. The van der Waals surface area contributed by atoms with Crippen molar-refractivity contribution in [1.29, 1.82) is 0 Å². The molecule has 7 heteroatoms. The van der Waals surface area contributed by atoms with Gasteiger partial charge in [0.25, 0.3) is 0 Å². The number of nitrogens with one attached hydrogen (secondary N) is 1. The van der Waals surface area contributed by atoms with E-state index in [4.69, 9.17) is 0 Å². The van der Waals surface area contributed by atoms with Crippen LogP contribution in [0, 0.1) is 5.82 Å². The van der Waals surface area contributed by atoms with Crippen molar-refractivity contribution < 1.29 is 9.18 Å². The van der Waals surface area contributed by atoms with E-state index in [9.17, 15) is 9.18 Å². The van der Waals surface area contributed by atoms with Gasteiger partial charge in [0.05, 0.1) is 5.75 Å². The molecule has 0 radical (unpaired) electrons. The van der Waals surface area contributed by atoms with E-state index in [0.717, 1.165) is 16.0 Å². The number of rotatable bonds is 6. The number of hydrogen-bond acceptors (Lipinski definition) is 6. The highest BCUT2D eigenvalue weighted by Crippen LogP contribution is 2.25. The van der Waals surface area contributed by atoms with E-state index in [1.807, 2.05) is 6.92 Å². The zero-order valence-corrected chi connectivity index (χ0v) is 11.9. The third kappa shape index (κ3) is 4.00. The highest BCUT2D eigenvalue weighted by atomic mass is 32.2. The van der Waals surface area contributed by atoms with E-state index >= 15 is 0 Å². The van der Waals surface area contributed by atoms with Crippen LogP contribution in [-0.4, -0.2) is 28.3 Å². The van der Waals surface area contributed by atoms with Crippen LogP contribution in [-0.2, 0) is 0 Å². The number of aromatic nitrogens is 2. The normalized spacial score (nSPS) is 10.4. The predicted octanol–water partition coefficient (Wildman–Crippen LogP) is 3.08. The van der Waals surface area contributed by atoms with Gasteiger partial charge in [0.1, 0.15) is 5.82 Å². The fourth-order valence-corrected chi connectivity index (χ4v) is 3.05. The quantitative estimate of drug-likeness (QED) is 0.656. The van der Waals surface area contributed by atoms with Crippen molar-refractivity contribution >= 4 is 34.0 Å². The molecule has 4 nitrogen and oxygen atoms in total. The van der Waals surface area contributed by atoms with Crippen LogP contribution < -0.4 is 5.32 Å². The van der Waals surface area contributed by atoms with Gasteiger partial charge in [0.2, 0.25) is 5.13 Å². The highest BCUT2D eigenvalue weighted by Gasteiger charge is 2.09. The molecule has 0 spiro atoms. The molecule has 0 amide bonds. The summed E-state index contributed by atoms with van der Waals surface area (Å²) in [5.41, 5.74) is 0.505. The average Bonchev–Trinajstić information content (AvgIpc) is 2.85. The summed E-state index contributed by atoms with van der Waals surface area (Å²) in [6.07, 6.45) is 0. The van der Waals surface area contributed by atoms with Gasteiger partial charge in [-0.15, -0.1) is 10.2 Å². The van der Waals surface area contributed by atoms with E-state index in [2.05, 4.69) is 15.5 Å². The van der Waals surface area contributed by atoms with Crippen LogP contribution in [0.2, 0.25) is 0 Å². The van der Waals surface area contributed by atoms with Crippen molar-refractivity contribution in [3.8, 4) is 0 Å². The van der Waals surface area contributed by atoms with Crippen molar-refractivity contribution in [3.05, 3.63) is 35.6 Å². The summed E-state index contributed by atoms with van der Waals surface area (Å²) in [5, 5.41) is 11.7. The van der Waals surface area contributed by atoms with Gasteiger partial charge in [-0.2, -0.15) is 0 Å². The molecule has 0 aliphatic rings. The van der Waals surface area contributed by atoms with Gasteiger partial charge >= 0.3 is 0 Å². The van der Waals surface area contributed by atoms with Crippen LogP contribution in [0.3, 0.4) is 0 Å². The minimum Gasteiger partial charge on any atom is -0.360 e. The maximum atomic E-state index is 12.7. The van der Waals surface area contributed by atoms with Crippen molar-refractivity contribution in [3.63, 3.8) is 0 Å². The summed E-state index contributed by atoms with van der Waals surface area (Å²) in [7, 11) is 0. The highest BCUT2D eigenvalue weighted by molar-refractivity contribution is 8.01. The Morgan fingerprint density at radius 1 is 1.37 bits per heavy atom. The fourth-order valence-electron chi connectivity index (χ4n) is 1.34. The molecule has 0 bridgehead atoms. The van der Waals surface area contributed by atoms with Crippen LogP contribution >= 0.6 is 23.1 Å². The Balaban J connectivity index is 1.90.